The number of nitrogens with zero attached hydrogens (tertiary/aromatic N) is 1. The van der Waals surface area contributed by atoms with Crippen LogP contribution in [0.15, 0.2) is 67.0 Å². The number of amides is 1. The van der Waals surface area contributed by atoms with Gasteiger partial charge in [0, 0.05) is 30.2 Å². The molecule has 0 aliphatic rings. The predicted molar refractivity (Wildman–Crippen MR) is 108 cm³/mol. The van der Waals surface area contributed by atoms with Crippen LogP contribution >= 0.6 is 0 Å². The first-order valence-corrected chi connectivity index (χ1v) is 9.01. The second-order valence-corrected chi connectivity index (χ2v) is 6.55. The number of hydrogen-bond donors (Lipinski definition) is 2. The summed E-state index contributed by atoms with van der Waals surface area (Å²) in [6.07, 6.45) is 3.17. The Kier molecular flexibility index (Phi) is 6.22. The van der Waals surface area contributed by atoms with Gasteiger partial charge in [-0.15, -0.1) is 0 Å². The van der Waals surface area contributed by atoms with Crippen molar-refractivity contribution in [3.05, 3.63) is 83.9 Å². The second kappa shape index (κ2) is 8.99. The summed E-state index contributed by atoms with van der Waals surface area (Å²) in [5.41, 5.74) is 2.24. The van der Waals surface area contributed by atoms with Crippen molar-refractivity contribution in [3.63, 3.8) is 0 Å². The van der Waals surface area contributed by atoms with E-state index in [1.807, 2.05) is 13.8 Å². The molecule has 0 saturated carbocycles. The highest BCUT2D eigenvalue weighted by molar-refractivity contribution is 6.04. The van der Waals surface area contributed by atoms with E-state index in [4.69, 9.17) is 4.74 Å². The molecule has 1 heterocycles. The number of carbonyl (C=O) groups excluding carboxylic acids is 1. The molecule has 0 spiro atoms. The van der Waals surface area contributed by atoms with Gasteiger partial charge in [-0.3, -0.25) is 9.78 Å². The number of ether oxygens (including phenoxy) is 1. The Balaban J connectivity index is 1.62. The lowest BCUT2D eigenvalue weighted by Crippen LogP contribution is -2.13. The molecule has 0 aliphatic carbocycles. The molecular formula is C22H22FN3O2. The van der Waals surface area contributed by atoms with Crippen LogP contribution in [0, 0.1) is 5.82 Å². The second-order valence-electron chi connectivity index (χ2n) is 6.55. The third kappa shape index (κ3) is 5.30. The van der Waals surface area contributed by atoms with Gasteiger partial charge in [-0.05, 0) is 50.2 Å². The van der Waals surface area contributed by atoms with Crippen molar-refractivity contribution < 1.29 is 13.9 Å². The lowest BCUT2D eigenvalue weighted by atomic mass is 10.2. The van der Waals surface area contributed by atoms with Crippen LogP contribution in [0.3, 0.4) is 0 Å². The molecule has 0 atom stereocenters. The van der Waals surface area contributed by atoms with E-state index in [1.165, 1.54) is 12.3 Å². The van der Waals surface area contributed by atoms with Crippen LogP contribution in [-0.4, -0.2) is 17.0 Å². The minimum atomic E-state index is -0.278. The topological polar surface area (TPSA) is 63.2 Å². The molecule has 0 saturated heterocycles. The average Bonchev–Trinajstić information content (AvgIpc) is 2.69. The maximum atomic E-state index is 13.7. The Hall–Kier alpha value is -3.41. The molecule has 0 bridgehead atoms. The highest BCUT2D eigenvalue weighted by atomic mass is 19.1. The first-order chi connectivity index (χ1) is 13.5. The van der Waals surface area contributed by atoms with Gasteiger partial charge in [0.25, 0.3) is 5.91 Å². The summed E-state index contributed by atoms with van der Waals surface area (Å²) in [4.78, 5) is 16.6. The Bertz CT molecular complexity index is 943. The fourth-order valence-electron chi connectivity index (χ4n) is 2.59. The predicted octanol–water partition coefficient (Wildman–Crippen LogP) is 4.87. The maximum absolute atomic E-state index is 13.7. The quantitative estimate of drug-likeness (QED) is 0.615. The molecule has 3 rings (SSSR count). The van der Waals surface area contributed by atoms with Gasteiger partial charge in [-0.2, -0.15) is 0 Å². The minimum Gasteiger partial charge on any atom is -0.491 e. The number of nitrogens with one attached hydrogen (secondary N) is 2. The molecule has 5 nitrogen and oxygen atoms in total. The van der Waals surface area contributed by atoms with Crippen LogP contribution in [0.1, 0.15) is 29.8 Å². The van der Waals surface area contributed by atoms with Crippen molar-refractivity contribution in [2.45, 2.75) is 26.5 Å². The van der Waals surface area contributed by atoms with Crippen molar-refractivity contribution in [1.82, 2.24) is 4.98 Å². The molecule has 0 unspecified atom stereocenters. The number of anilines is 2. The van der Waals surface area contributed by atoms with E-state index in [-0.39, 0.29) is 17.8 Å². The van der Waals surface area contributed by atoms with E-state index in [0.29, 0.717) is 29.0 Å². The van der Waals surface area contributed by atoms with E-state index in [2.05, 4.69) is 15.6 Å². The van der Waals surface area contributed by atoms with Crippen molar-refractivity contribution in [2.75, 3.05) is 10.6 Å². The van der Waals surface area contributed by atoms with Crippen LogP contribution in [0.4, 0.5) is 15.8 Å². The molecular weight excluding hydrogens is 357 g/mol. The van der Waals surface area contributed by atoms with Gasteiger partial charge in [0.05, 0.1) is 17.4 Å². The zero-order valence-corrected chi connectivity index (χ0v) is 15.8. The Morgan fingerprint density at radius 2 is 1.82 bits per heavy atom. The fourth-order valence-corrected chi connectivity index (χ4v) is 2.59. The molecule has 0 radical (unpaired) electrons. The molecule has 2 N–H and O–H groups in total. The number of halogens is 1. The van der Waals surface area contributed by atoms with E-state index in [1.54, 1.807) is 54.7 Å². The van der Waals surface area contributed by atoms with Gasteiger partial charge in [0.2, 0.25) is 0 Å². The van der Waals surface area contributed by atoms with Crippen molar-refractivity contribution >= 4 is 17.3 Å². The lowest BCUT2D eigenvalue weighted by Gasteiger charge is -2.11. The summed E-state index contributed by atoms with van der Waals surface area (Å²) < 4.78 is 19.3. The van der Waals surface area contributed by atoms with E-state index in [9.17, 15) is 9.18 Å². The standard InChI is InChI=1S/C22H22FN3O2/c1-15(2)28-20-9-7-18(8-10-20)26-22(27)17-11-19(14-24-12-17)25-13-16-5-3-4-6-21(16)23/h3-12,14-15,25H,13H2,1-2H3,(H,26,27). The summed E-state index contributed by atoms with van der Waals surface area (Å²) in [5, 5.41) is 5.91. The summed E-state index contributed by atoms with van der Waals surface area (Å²) in [7, 11) is 0. The number of hydrogen-bond acceptors (Lipinski definition) is 4. The molecule has 1 aromatic heterocycles. The smallest absolute Gasteiger partial charge is 0.257 e. The molecule has 1 amide bonds. The monoisotopic (exact) mass is 379 g/mol. The number of pyridine rings is 1. The molecule has 144 valence electrons. The van der Waals surface area contributed by atoms with Gasteiger partial charge < -0.3 is 15.4 Å². The number of rotatable bonds is 7. The van der Waals surface area contributed by atoms with Gasteiger partial charge in [0.1, 0.15) is 11.6 Å². The highest BCUT2D eigenvalue weighted by Crippen LogP contribution is 2.18. The van der Waals surface area contributed by atoms with Gasteiger partial charge in [-0.1, -0.05) is 18.2 Å². The zero-order valence-electron chi connectivity index (χ0n) is 15.8. The number of benzene rings is 2. The average molecular weight is 379 g/mol. The molecule has 3 aromatic rings. The van der Waals surface area contributed by atoms with Crippen molar-refractivity contribution in [2.24, 2.45) is 0 Å². The summed E-state index contributed by atoms with van der Waals surface area (Å²) in [6, 6.07) is 15.4. The zero-order chi connectivity index (χ0) is 19.9. The molecule has 2 aromatic carbocycles. The van der Waals surface area contributed by atoms with E-state index in [0.717, 1.165) is 5.75 Å². The first-order valence-electron chi connectivity index (χ1n) is 9.01. The third-order valence-electron chi connectivity index (χ3n) is 3.93. The van der Waals surface area contributed by atoms with Crippen molar-refractivity contribution in [1.29, 1.82) is 0 Å². The SMILES string of the molecule is CC(C)Oc1ccc(NC(=O)c2cncc(NCc3ccccc3F)c2)cc1. The molecule has 28 heavy (non-hydrogen) atoms. The van der Waals surface area contributed by atoms with Crippen LogP contribution in [0.5, 0.6) is 5.75 Å². The first kappa shape index (κ1) is 19.4. The summed E-state index contributed by atoms with van der Waals surface area (Å²) in [5.74, 6) is 0.190. The highest BCUT2D eigenvalue weighted by Gasteiger charge is 2.09. The van der Waals surface area contributed by atoms with Gasteiger partial charge in [-0.25, -0.2) is 4.39 Å². The van der Waals surface area contributed by atoms with Crippen LogP contribution in [0.2, 0.25) is 0 Å². The largest absolute Gasteiger partial charge is 0.491 e. The Morgan fingerprint density at radius 1 is 1.07 bits per heavy atom. The molecule has 6 heteroatoms. The van der Waals surface area contributed by atoms with Crippen LogP contribution in [0.25, 0.3) is 0 Å². The molecule has 0 fully saturated rings. The normalized spacial score (nSPS) is 10.6. The van der Waals surface area contributed by atoms with E-state index >= 15 is 0 Å². The van der Waals surface area contributed by atoms with Crippen LogP contribution in [-0.2, 0) is 6.54 Å². The Labute approximate surface area is 163 Å². The van der Waals surface area contributed by atoms with Crippen molar-refractivity contribution in [3.8, 4) is 5.75 Å². The lowest BCUT2D eigenvalue weighted by molar-refractivity contribution is 0.102. The van der Waals surface area contributed by atoms with Crippen LogP contribution < -0.4 is 15.4 Å². The van der Waals surface area contributed by atoms with Gasteiger partial charge in [0.15, 0.2) is 0 Å². The summed E-state index contributed by atoms with van der Waals surface area (Å²) >= 11 is 0. The number of carbonyl (C=O) groups is 1. The summed E-state index contributed by atoms with van der Waals surface area (Å²) in [6.45, 7) is 4.21. The third-order valence-corrected chi connectivity index (χ3v) is 3.93. The minimum absolute atomic E-state index is 0.0890. The van der Waals surface area contributed by atoms with E-state index < -0.39 is 0 Å². The molecule has 0 aliphatic heterocycles. The Morgan fingerprint density at radius 3 is 2.54 bits per heavy atom. The van der Waals surface area contributed by atoms with Gasteiger partial charge >= 0.3 is 0 Å². The maximum Gasteiger partial charge on any atom is 0.257 e. The fraction of sp³-hybridized carbons (Fsp3) is 0.182. The number of aromatic nitrogens is 1.